The van der Waals surface area contributed by atoms with Gasteiger partial charge in [0.25, 0.3) is 0 Å². The van der Waals surface area contributed by atoms with E-state index >= 15 is 0 Å². The van der Waals surface area contributed by atoms with E-state index in [4.69, 9.17) is 10.1 Å². The molecule has 5 heteroatoms. The van der Waals surface area contributed by atoms with E-state index in [2.05, 4.69) is 25.7 Å². The van der Waals surface area contributed by atoms with Crippen LogP contribution in [0, 0.1) is 0 Å². The Morgan fingerprint density at radius 1 is 1.20 bits per heavy atom. The number of carboxylic acids is 1. The molecule has 1 rings (SSSR count). The van der Waals surface area contributed by atoms with E-state index in [1.54, 1.807) is 11.3 Å². The highest BCUT2D eigenvalue weighted by Crippen LogP contribution is 2.22. The molecule has 1 aromatic heterocycles. The summed E-state index contributed by atoms with van der Waals surface area (Å²) >= 11 is 1.70. The molecule has 4 nitrogen and oxygen atoms in total. The van der Waals surface area contributed by atoms with Gasteiger partial charge in [-0.1, -0.05) is 27.2 Å². The van der Waals surface area contributed by atoms with Crippen LogP contribution >= 0.6 is 11.3 Å². The monoisotopic (exact) mass is 298 g/mol. The molecule has 0 unspecified atom stereocenters. The molecule has 1 N–H and O–H groups in total. The normalized spacial score (nSPS) is 11.2. The van der Waals surface area contributed by atoms with Crippen LogP contribution < -0.4 is 0 Å². The van der Waals surface area contributed by atoms with Gasteiger partial charge in [-0.3, -0.25) is 4.79 Å². The lowest BCUT2D eigenvalue weighted by Crippen LogP contribution is -2.25. The summed E-state index contributed by atoms with van der Waals surface area (Å²) in [4.78, 5) is 19.0. The number of carboxylic acid groups (broad SMARTS) is 1. The van der Waals surface area contributed by atoms with E-state index in [-0.39, 0.29) is 6.42 Å². The Morgan fingerprint density at radius 2 is 1.90 bits per heavy atom. The number of nitrogens with zero attached hydrogens (tertiary/aromatic N) is 2. The van der Waals surface area contributed by atoms with Crippen LogP contribution in [0.1, 0.15) is 49.2 Å². The van der Waals surface area contributed by atoms with Crippen molar-refractivity contribution in [3.63, 3.8) is 0 Å². The smallest absolute Gasteiger partial charge is 0.303 e. The zero-order valence-electron chi connectivity index (χ0n) is 12.8. The van der Waals surface area contributed by atoms with Crippen molar-refractivity contribution in [2.45, 2.75) is 52.9 Å². The van der Waals surface area contributed by atoms with Crippen molar-refractivity contribution >= 4 is 17.3 Å². The van der Waals surface area contributed by atoms with Gasteiger partial charge in [-0.2, -0.15) is 0 Å². The van der Waals surface area contributed by atoms with E-state index in [1.165, 1.54) is 4.88 Å². The lowest BCUT2D eigenvalue weighted by Gasteiger charge is -2.16. The fourth-order valence-corrected chi connectivity index (χ4v) is 3.29. The molecular weight excluding hydrogens is 272 g/mol. The Hall–Kier alpha value is -0.940. The number of carbonyl (C=O) groups is 1. The van der Waals surface area contributed by atoms with E-state index in [0.717, 1.165) is 49.6 Å². The largest absolute Gasteiger partial charge is 0.481 e. The highest BCUT2D eigenvalue weighted by atomic mass is 32.1. The number of rotatable bonds is 10. The predicted molar refractivity (Wildman–Crippen MR) is 83.6 cm³/mol. The Bertz CT molecular complexity index is 414. The minimum absolute atomic E-state index is 0.203. The molecule has 0 aliphatic carbocycles. The topological polar surface area (TPSA) is 53.4 Å². The summed E-state index contributed by atoms with van der Waals surface area (Å²) in [6.45, 7) is 9.64. The van der Waals surface area contributed by atoms with Gasteiger partial charge in [-0.25, -0.2) is 4.98 Å². The second kappa shape index (κ2) is 9.08. The summed E-state index contributed by atoms with van der Waals surface area (Å²) < 4.78 is 0. The van der Waals surface area contributed by atoms with Crippen molar-refractivity contribution in [2.75, 3.05) is 19.6 Å². The average Bonchev–Trinajstić information content (AvgIpc) is 2.80. The van der Waals surface area contributed by atoms with Gasteiger partial charge >= 0.3 is 5.97 Å². The molecule has 0 atom stereocenters. The van der Waals surface area contributed by atoms with E-state index in [1.807, 2.05) is 0 Å². The first-order valence-electron chi connectivity index (χ1n) is 7.52. The highest BCUT2D eigenvalue weighted by Gasteiger charge is 2.12. The third-order valence-corrected chi connectivity index (χ3v) is 4.63. The van der Waals surface area contributed by atoms with Gasteiger partial charge in [-0.05, 0) is 25.9 Å². The van der Waals surface area contributed by atoms with Gasteiger partial charge in [0.2, 0.25) is 0 Å². The Kier molecular flexibility index (Phi) is 7.77. The molecule has 1 heterocycles. The van der Waals surface area contributed by atoms with Crippen molar-refractivity contribution in [1.29, 1.82) is 0 Å². The third-order valence-electron chi connectivity index (χ3n) is 3.41. The van der Waals surface area contributed by atoms with Crippen LogP contribution in [-0.2, 0) is 24.1 Å². The van der Waals surface area contributed by atoms with Crippen molar-refractivity contribution < 1.29 is 9.90 Å². The molecule has 0 saturated heterocycles. The number of hydrogen-bond donors (Lipinski definition) is 1. The summed E-state index contributed by atoms with van der Waals surface area (Å²) in [5.74, 6) is -0.731. The van der Waals surface area contributed by atoms with E-state index < -0.39 is 5.97 Å². The second-order valence-electron chi connectivity index (χ2n) is 4.90. The molecule has 0 amide bonds. The molecule has 0 aromatic carbocycles. The lowest BCUT2D eigenvalue weighted by atomic mass is 10.2. The molecule has 1 aromatic rings. The van der Waals surface area contributed by atoms with Crippen molar-refractivity contribution in [3.05, 3.63) is 15.6 Å². The van der Waals surface area contributed by atoms with Crippen molar-refractivity contribution in [1.82, 2.24) is 9.88 Å². The van der Waals surface area contributed by atoms with Crippen LogP contribution in [0.2, 0.25) is 0 Å². The summed E-state index contributed by atoms with van der Waals surface area (Å²) in [5.41, 5.74) is 1.12. The number of aryl methyl sites for hydroxylation is 2. The second-order valence-corrected chi connectivity index (χ2v) is 6.07. The summed E-state index contributed by atoms with van der Waals surface area (Å²) in [6, 6.07) is 0. The molecular formula is C15H26N2O2S. The quantitative estimate of drug-likeness (QED) is 0.721. The third kappa shape index (κ3) is 5.59. The first-order valence-corrected chi connectivity index (χ1v) is 8.33. The molecule has 0 saturated carbocycles. The molecule has 0 spiro atoms. The predicted octanol–water partition coefficient (Wildman–Crippen LogP) is 3.00. The van der Waals surface area contributed by atoms with Crippen LogP contribution in [-0.4, -0.2) is 40.6 Å². The summed E-state index contributed by atoms with van der Waals surface area (Å²) in [5, 5.41) is 9.97. The number of likely N-dealkylation sites (N-methyl/N-ethyl adjacent to an activating group) is 1. The average molecular weight is 298 g/mol. The van der Waals surface area contributed by atoms with Crippen LogP contribution in [0.4, 0.5) is 0 Å². The maximum atomic E-state index is 10.7. The molecule has 0 aliphatic rings. The van der Waals surface area contributed by atoms with Gasteiger partial charge in [0.15, 0.2) is 0 Å². The summed E-state index contributed by atoms with van der Waals surface area (Å²) in [7, 11) is 0. The maximum Gasteiger partial charge on any atom is 0.303 e. The fraction of sp³-hybridized carbons (Fsp3) is 0.733. The Balaban J connectivity index is 2.67. The SMILES string of the molecule is CCCc1nc(CCN(CC)CC)sc1CCC(=O)O. The minimum atomic E-state index is -0.731. The number of aliphatic carboxylic acids is 1. The van der Waals surface area contributed by atoms with Crippen molar-refractivity contribution in [3.8, 4) is 0 Å². The Morgan fingerprint density at radius 3 is 2.45 bits per heavy atom. The first kappa shape index (κ1) is 17.1. The number of aromatic nitrogens is 1. The highest BCUT2D eigenvalue weighted by molar-refractivity contribution is 7.11. The van der Waals surface area contributed by atoms with Gasteiger partial charge in [-0.15, -0.1) is 11.3 Å². The van der Waals surface area contributed by atoms with Crippen LogP contribution in [0.15, 0.2) is 0 Å². The van der Waals surface area contributed by atoms with Gasteiger partial charge in [0, 0.05) is 17.8 Å². The fourth-order valence-electron chi connectivity index (χ4n) is 2.19. The van der Waals surface area contributed by atoms with E-state index in [9.17, 15) is 4.79 Å². The lowest BCUT2D eigenvalue weighted by molar-refractivity contribution is -0.136. The first-order chi connectivity index (χ1) is 9.60. The Labute approximate surface area is 125 Å². The number of hydrogen-bond acceptors (Lipinski definition) is 4. The van der Waals surface area contributed by atoms with Gasteiger partial charge < -0.3 is 10.0 Å². The molecule has 0 radical (unpaired) electrons. The molecule has 20 heavy (non-hydrogen) atoms. The molecule has 0 aliphatic heterocycles. The summed E-state index contributed by atoms with van der Waals surface area (Å²) in [6.07, 6.45) is 3.80. The van der Waals surface area contributed by atoms with Gasteiger partial charge in [0.05, 0.1) is 17.1 Å². The van der Waals surface area contributed by atoms with E-state index in [0.29, 0.717) is 6.42 Å². The zero-order chi connectivity index (χ0) is 15.0. The van der Waals surface area contributed by atoms with Crippen LogP contribution in [0.5, 0.6) is 0 Å². The van der Waals surface area contributed by atoms with Gasteiger partial charge in [0.1, 0.15) is 0 Å². The minimum Gasteiger partial charge on any atom is -0.481 e. The van der Waals surface area contributed by atoms with Crippen LogP contribution in [0.3, 0.4) is 0 Å². The maximum absolute atomic E-state index is 10.7. The number of thiazole rings is 1. The molecule has 114 valence electrons. The standard InChI is InChI=1S/C15H26N2O2S/c1-4-7-12-13(8-9-15(18)19)20-14(16-12)10-11-17(5-2)6-3/h4-11H2,1-3H3,(H,18,19). The molecule has 0 bridgehead atoms. The van der Waals surface area contributed by atoms with Crippen LogP contribution in [0.25, 0.3) is 0 Å². The van der Waals surface area contributed by atoms with Crippen molar-refractivity contribution in [2.24, 2.45) is 0 Å². The zero-order valence-corrected chi connectivity index (χ0v) is 13.6. The molecule has 0 fully saturated rings.